The molecular formula is C18H21N3O. The van der Waals surface area contributed by atoms with Crippen LogP contribution in [0, 0.1) is 5.92 Å². The van der Waals surface area contributed by atoms with Crippen LogP contribution in [0.15, 0.2) is 47.3 Å². The van der Waals surface area contributed by atoms with Crippen LogP contribution in [0.3, 0.4) is 0 Å². The van der Waals surface area contributed by atoms with Gasteiger partial charge < -0.3 is 15.2 Å². The van der Waals surface area contributed by atoms with E-state index < -0.39 is 0 Å². The van der Waals surface area contributed by atoms with Gasteiger partial charge in [0.1, 0.15) is 5.69 Å². The van der Waals surface area contributed by atoms with Gasteiger partial charge in [0.15, 0.2) is 0 Å². The Morgan fingerprint density at radius 1 is 1.14 bits per heavy atom. The normalized spacial score (nSPS) is 22.9. The fraction of sp³-hybridized carbons (Fsp3) is 0.389. The Hall–Kier alpha value is -2.07. The minimum Gasteiger partial charge on any atom is -0.377 e. The average Bonchev–Trinajstić information content (AvgIpc) is 2.56. The zero-order valence-corrected chi connectivity index (χ0v) is 12.6. The molecule has 2 aliphatic heterocycles. The molecule has 2 bridgehead atoms. The molecule has 0 spiro atoms. The molecule has 1 fully saturated rings. The molecular weight excluding hydrogens is 274 g/mol. The minimum absolute atomic E-state index is 0.130. The van der Waals surface area contributed by atoms with Gasteiger partial charge in [-0.1, -0.05) is 30.3 Å². The van der Waals surface area contributed by atoms with Gasteiger partial charge in [-0.15, -0.1) is 0 Å². The maximum Gasteiger partial charge on any atom is 0.274 e. The van der Waals surface area contributed by atoms with E-state index in [4.69, 9.17) is 0 Å². The monoisotopic (exact) mass is 295 g/mol. The number of pyridine rings is 1. The average molecular weight is 295 g/mol. The maximum absolute atomic E-state index is 12.7. The number of fused-ring (bicyclic) bond motifs is 4. The quantitative estimate of drug-likeness (QED) is 0.912. The number of piperidine rings is 1. The van der Waals surface area contributed by atoms with Gasteiger partial charge in [0, 0.05) is 31.2 Å². The third kappa shape index (κ3) is 2.44. The van der Waals surface area contributed by atoms with Crippen molar-refractivity contribution in [2.45, 2.75) is 25.4 Å². The summed E-state index contributed by atoms with van der Waals surface area (Å²) in [7, 11) is 0. The van der Waals surface area contributed by atoms with Gasteiger partial charge in [-0.2, -0.15) is 0 Å². The molecule has 2 atom stereocenters. The van der Waals surface area contributed by atoms with Gasteiger partial charge in [0.2, 0.25) is 0 Å². The van der Waals surface area contributed by atoms with E-state index in [1.165, 1.54) is 17.7 Å². The van der Waals surface area contributed by atoms with E-state index >= 15 is 0 Å². The van der Waals surface area contributed by atoms with Gasteiger partial charge in [0.25, 0.3) is 5.56 Å². The first-order valence-corrected chi connectivity index (χ1v) is 8.03. The maximum atomic E-state index is 12.7. The van der Waals surface area contributed by atoms with E-state index in [1.807, 2.05) is 28.8 Å². The highest BCUT2D eigenvalue weighted by molar-refractivity contribution is 5.43. The Labute approximate surface area is 130 Å². The van der Waals surface area contributed by atoms with Crippen LogP contribution >= 0.6 is 0 Å². The van der Waals surface area contributed by atoms with Crippen LogP contribution in [0.1, 0.15) is 23.6 Å². The van der Waals surface area contributed by atoms with Crippen LogP contribution in [0.5, 0.6) is 0 Å². The lowest BCUT2D eigenvalue weighted by Crippen LogP contribution is -2.45. The second-order valence-corrected chi connectivity index (χ2v) is 6.38. The number of benzene rings is 1. The molecule has 1 aromatic carbocycles. The SMILES string of the molecule is O=c1c(NCc2ccccc2)ccc2n1CC1CNCC2C1. The minimum atomic E-state index is 0.130. The summed E-state index contributed by atoms with van der Waals surface area (Å²) in [5, 5.41) is 6.77. The van der Waals surface area contributed by atoms with Crippen molar-refractivity contribution in [3.63, 3.8) is 0 Å². The molecule has 4 nitrogen and oxygen atoms in total. The lowest BCUT2D eigenvalue weighted by Gasteiger charge is -2.37. The molecule has 0 radical (unpaired) electrons. The second-order valence-electron chi connectivity index (χ2n) is 6.38. The van der Waals surface area contributed by atoms with Crippen molar-refractivity contribution in [1.82, 2.24) is 9.88 Å². The van der Waals surface area contributed by atoms with E-state index in [2.05, 4.69) is 28.8 Å². The van der Waals surface area contributed by atoms with E-state index in [0.29, 0.717) is 24.1 Å². The number of nitrogens with one attached hydrogen (secondary N) is 2. The summed E-state index contributed by atoms with van der Waals surface area (Å²) in [5.41, 5.74) is 3.22. The molecule has 1 aromatic heterocycles. The smallest absolute Gasteiger partial charge is 0.274 e. The van der Waals surface area contributed by atoms with Gasteiger partial charge in [-0.25, -0.2) is 0 Å². The van der Waals surface area contributed by atoms with Gasteiger partial charge >= 0.3 is 0 Å². The summed E-state index contributed by atoms with van der Waals surface area (Å²) in [5.74, 6) is 1.08. The largest absolute Gasteiger partial charge is 0.377 e. The number of anilines is 1. The molecule has 0 amide bonds. The van der Waals surface area contributed by atoms with Crippen LogP contribution < -0.4 is 16.2 Å². The van der Waals surface area contributed by atoms with Crippen LogP contribution in [-0.4, -0.2) is 17.7 Å². The predicted octanol–water partition coefficient (Wildman–Crippen LogP) is 2.17. The molecule has 2 N–H and O–H groups in total. The summed E-state index contributed by atoms with van der Waals surface area (Å²) in [6.07, 6.45) is 1.21. The Morgan fingerprint density at radius 3 is 2.86 bits per heavy atom. The first kappa shape index (κ1) is 13.6. The van der Waals surface area contributed by atoms with Gasteiger partial charge in [-0.3, -0.25) is 4.79 Å². The molecule has 22 heavy (non-hydrogen) atoms. The summed E-state index contributed by atoms with van der Waals surface area (Å²) < 4.78 is 1.99. The zero-order chi connectivity index (χ0) is 14.9. The topological polar surface area (TPSA) is 46.1 Å². The van der Waals surface area contributed by atoms with Gasteiger partial charge in [-0.05, 0) is 36.6 Å². The standard InChI is InChI=1S/C18H21N3O/c22-18-16(20-10-13-4-2-1-3-5-13)6-7-17-15-8-14(9-19-11-15)12-21(17)18/h1-7,14-15,19-20H,8-12H2. The molecule has 2 unspecified atom stereocenters. The molecule has 2 aliphatic rings. The van der Waals surface area contributed by atoms with Crippen LogP contribution in [-0.2, 0) is 13.1 Å². The van der Waals surface area contributed by atoms with Crippen molar-refractivity contribution >= 4 is 5.69 Å². The van der Waals surface area contributed by atoms with Crippen molar-refractivity contribution in [2.75, 3.05) is 18.4 Å². The molecule has 2 aromatic rings. The molecule has 0 aliphatic carbocycles. The Morgan fingerprint density at radius 2 is 2.00 bits per heavy atom. The van der Waals surface area contributed by atoms with Crippen molar-refractivity contribution in [2.24, 2.45) is 5.92 Å². The van der Waals surface area contributed by atoms with E-state index in [9.17, 15) is 4.79 Å². The van der Waals surface area contributed by atoms with Crippen molar-refractivity contribution in [3.05, 3.63) is 64.1 Å². The van der Waals surface area contributed by atoms with Crippen LogP contribution in [0.4, 0.5) is 5.69 Å². The molecule has 114 valence electrons. The number of aromatic nitrogens is 1. The third-order valence-corrected chi connectivity index (χ3v) is 4.83. The fourth-order valence-corrected chi connectivity index (χ4v) is 3.72. The number of rotatable bonds is 3. The van der Waals surface area contributed by atoms with Crippen molar-refractivity contribution in [3.8, 4) is 0 Å². The lowest BCUT2D eigenvalue weighted by molar-refractivity contribution is 0.257. The third-order valence-electron chi connectivity index (χ3n) is 4.83. The highest BCUT2D eigenvalue weighted by atomic mass is 16.1. The molecule has 0 saturated carbocycles. The van der Waals surface area contributed by atoms with E-state index in [-0.39, 0.29) is 5.56 Å². The second kappa shape index (κ2) is 5.61. The lowest BCUT2D eigenvalue weighted by atomic mass is 9.84. The number of nitrogens with zero attached hydrogens (tertiary/aromatic N) is 1. The first-order chi connectivity index (χ1) is 10.8. The van der Waals surface area contributed by atoms with Crippen LogP contribution in [0.2, 0.25) is 0 Å². The highest BCUT2D eigenvalue weighted by Crippen LogP contribution is 2.32. The Kier molecular flexibility index (Phi) is 3.47. The van der Waals surface area contributed by atoms with E-state index in [1.54, 1.807) is 0 Å². The summed E-state index contributed by atoms with van der Waals surface area (Å²) in [4.78, 5) is 12.7. The van der Waals surface area contributed by atoms with Crippen molar-refractivity contribution < 1.29 is 0 Å². The highest BCUT2D eigenvalue weighted by Gasteiger charge is 2.31. The molecule has 4 rings (SSSR count). The number of hydrogen-bond donors (Lipinski definition) is 2. The summed E-state index contributed by atoms with van der Waals surface area (Å²) >= 11 is 0. The predicted molar refractivity (Wildman–Crippen MR) is 88.2 cm³/mol. The Bertz CT molecular complexity index is 723. The number of hydrogen-bond acceptors (Lipinski definition) is 3. The Balaban J connectivity index is 1.60. The van der Waals surface area contributed by atoms with Crippen LogP contribution in [0.25, 0.3) is 0 Å². The summed E-state index contributed by atoms with van der Waals surface area (Å²) in [6.45, 7) is 3.55. The fourth-order valence-electron chi connectivity index (χ4n) is 3.72. The molecule has 3 heterocycles. The van der Waals surface area contributed by atoms with E-state index in [0.717, 1.165) is 19.6 Å². The zero-order valence-electron chi connectivity index (χ0n) is 12.6. The van der Waals surface area contributed by atoms with Gasteiger partial charge in [0.05, 0.1) is 0 Å². The summed E-state index contributed by atoms with van der Waals surface area (Å²) in [6, 6.07) is 14.3. The molecule has 4 heteroatoms. The van der Waals surface area contributed by atoms with Crippen molar-refractivity contribution in [1.29, 1.82) is 0 Å². The molecule has 1 saturated heterocycles. The first-order valence-electron chi connectivity index (χ1n) is 8.03.